The Bertz CT molecular complexity index is 974. The topological polar surface area (TPSA) is 59.0 Å². The zero-order valence-electron chi connectivity index (χ0n) is 14.8. The molecular weight excluding hydrogens is 413 g/mol. The number of hydrogen-bond acceptors (Lipinski definition) is 5. The number of sulfonamides is 1. The van der Waals surface area contributed by atoms with E-state index >= 15 is 0 Å². The van der Waals surface area contributed by atoms with Gasteiger partial charge in [0.25, 0.3) is 10.0 Å². The molecule has 1 aliphatic rings. The van der Waals surface area contributed by atoms with Gasteiger partial charge in [0.1, 0.15) is 5.75 Å². The van der Waals surface area contributed by atoms with Crippen LogP contribution < -0.4 is 4.74 Å². The molecule has 0 radical (unpaired) electrons. The highest BCUT2D eigenvalue weighted by molar-refractivity contribution is 8.14. The van der Waals surface area contributed by atoms with Crippen LogP contribution in [0.3, 0.4) is 0 Å². The van der Waals surface area contributed by atoms with E-state index in [0.29, 0.717) is 17.9 Å². The summed E-state index contributed by atoms with van der Waals surface area (Å²) in [6.07, 6.45) is -4.42. The van der Waals surface area contributed by atoms with Crippen molar-refractivity contribution in [1.82, 2.24) is 4.31 Å². The molecule has 0 aromatic heterocycles. The lowest BCUT2D eigenvalue weighted by atomic mass is 10.1. The second-order valence-electron chi connectivity index (χ2n) is 5.90. The molecule has 0 amide bonds. The number of methoxy groups -OCH3 is 1. The van der Waals surface area contributed by atoms with E-state index < -0.39 is 21.8 Å². The molecule has 150 valence electrons. The van der Waals surface area contributed by atoms with Gasteiger partial charge in [0, 0.05) is 5.75 Å². The average Bonchev–Trinajstić information content (AvgIpc) is 3.15. The monoisotopic (exact) mass is 430 g/mol. The summed E-state index contributed by atoms with van der Waals surface area (Å²) in [5.41, 5.74) is -0.294. The Morgan fingerprint density at radius 1 is 1.18 bits per heavy atom. The van der Waals surface area contributed by atoms with Crippen LogP contribution in [0.1, 0.15) is 11.1 Å². The quantitative estimate of drug-likeness (QED) is 0.719. The molecule has 0 N–H and O–H groups in total. The first-order chi connectivity index (χ1) is 13.2. The van der Waals surface area contributed by atoms with E-state index in [-0.39, 0.29) is 22.4 Å². The lowest BCUT2D eigenvalue weighted by Gasteiger charge is -2.20. The van der Waals surface area contributed by atoms with Crippen molar-refractivity contribution in [1.29, 1.82) is 0 Å². The van der Waals surface area contributed by atoms with Crippen molar-refractivity contribution in [2.45, 2.75) is 16.8 Å². The van der Waals surface area contributed by atoms with Crippen molar-refractivity contribution in [3.05, 3.63) is 59.7 Å². The third kappa shape index (κ3) is 4.44. The number of thioether (sulfide) groups is 1. The SMILES string of the molecule is COc1ccc(S(=O)(=O)N2CCN=C2SCc2cccc(C(F)(F)F)c2)cc1. The Kier molecular flexibility index (Phi) is 5.90. The van der Waals surface area contributed by atoms with Crippen LogP contribution in [0.2, 0.25) is 0 Å². The molecule has 0 saturated heterocycles. The van der Waals surface area contributed by atoms with Crippen molar-refractivity contribution in [2.75, 3.05) is 20.2 Å². The fourth-order valence-corrected chi connectivity index (χ4v) is 5.28. The summed E-state index contributed by atoms with van der Waals surface area (Å²) in [5, 5.41) is 0.272. The van der Waals surface area contributed by atoms with Crippen LogP contribution in [0, 0.1) is 0 Å². The third-order valence-electron chi connectivity index (χ3n) is 4.03. The Morgan fingerprint density at radius 3 is 2.54 bits per heavy atom. The van der Waals surface area contributed by atoms with Crippen molar-refractivity contribution >= 4 is 27.0 Å². The Hall–Kier alpha value is -2.20. The smallest absolute Gasteiger partial charge is 0.416 e. The van der Waals surface area contributed by atoms with Crippen molar-refractivity contribution < 1.29 is 26.3 Å². The van der Waals surface area contributed by atoms with Gasteiger partial charge in [-0.15, -0.1) is 0 Å². The first-order valence-electron chi connectivity index (χ1n) is 8.22. The van der Waals surface area contributed by atoms with E-state index in [4.69, 9.17) is 4.74 Å². The van der Waals surface area contributed by atoms with Crippen molar-refractivity contribution in [3.8, 4) is 5.75 Å². The van der Waals surface area contributed by atoms with E-state index in [2.05, 4.69) is 4.99 Å². The number of nitrogens with zero attached hydrogens (tertiary/aromatic N) is 2. The fourth-order valence-electron chi connectivity index (χ4n) is 2.61. The van der Waals surface area contributed by atoms with Gasteiger partial charge in [0.2, 0.25) is 0 Å². The van der Waals surface area contributed by atoms with Gasteiger partial charge < -0.3 is 4.74 Å². The minimum atomic E-state index is -4.42. The Morgan fingerprint density at radius 2 is 1.89 bits per heavy atom. The van der Waals surface area contributed by atoms with Crippen molar-refractivity contribution in [3.63, 3.8) is 0 Å². The minimum absolute atomic E-state index is 0.0996. The molecule has 1 heterocycles. The second kappa shape index (κ2) is 8.04. The highest BCUT2D eigenvalue weighted by Crippen LogP contribution is 2.31. The molecule has 0 unspecified atom stereocenters. The number of amidine groups is 1. The van der Waals surface area contributed by atoms with Gasteiger partial charge in [-0.3, -0.25) is 4.99 Å². The lowest BCUT2D eigenvalue weighted by molar-refractivity contribution is -0.137. The normalized spacial score (nSPS) is 14.9. The molecule has 0 saturated carbocycles. The largest absolute Gasteiger partial charge is 0.497 e. The van der Waals surface area contributed by atoms with Gasteiger partial charge in [-0.2, -0.15) is 13.2 Å². The summed E-state index contributed by atoms with van der Waals surface area (Å²) in [5.74, 6) is 0.713. The number of rotatable bonds is 5. The molecule has 0 fully saturated rings. The summed E-state index contributed by atoms with van der Waals surface area (Å²) >= 11 is 1.10. The molecule has 1 aliphatic heterocycles. The highest BCUT2D eigenvalue weighted by atomic mass is 32.2. The molecule has 2 aromatic rings. The zero-order valence-corrected chi connectivity index (χ0v) is 16.4. The molecule has 0 atom stereocenters. The van der Waals surface area contributed by atoms with Crippen LogP contribution in [0.25, 0.3) is 0 Å². The minimum Gasteiger partial charge on any atom is -0.497 e. The van der Waals surface area contributed by atoms with Crippen LogP contribution in [0.15, 0.2) is 58.4 Å². The number of aliphatic imine (C=N–C) groups is 1. The fraction of sp³-hybridized carbons (Fsp3) is 0.278. The Balaban J connectivity index is 1.74. The number of halogens is 3. The maximum atomic E-state index is 12.9. The second-order valence-corrected chi connectivity index (χ2v) is 8.71. The number of ether oxygens (including phenoxy) is 1. The Labute approximate surface area is 165 Å². The molecule has 0 bridgehead atoms. The summed E-state index contributed by atoms with van der Waals surface area (Å²) in [6.45, 7) is 0.500. The zero-order chi connectivity index (χ0) is 20.4. The molecule has 0 spiro atoms. The van der Waals surface area contributed by atoms with Gasteiger partial charge in [0.05, 0.1) is 30.7 Å². The van der Waals surface area contributed by atoms with Gasteiger partial charge in [0.15, 0.2) is 5.17 Å². The summed E-state index contributed by atoms with van der Waals surface area (Å²) in [6, 6.07) is 11.0. The molecule has 2 aromatic carbocycles. The van der Waals surface area contributed by atoms with Gasteiger partial charge in [-0.1, -0.05) is 30.0 Å². The first kappa shape index (κ1) is 20.5. The van der Waals surface area contributed by atoms with Crippen LogP contribution in [0.5, 0.6) is 5.75 Å². The molecule has 5 nitrogen and oxygen atoms in total. The van der Waals surface area contributed by atoms with Gasteiger partial charge in [-0.05, 0) is 35.9 Å². The highest BCUT2D eigenvalue weighted by Gasteiger charge is 2.32. The summed E-state index contributed by atoms with van der Waals surface area (Å²) in [4.78, 5) is 4.31. The average molecular weight is 430 g/mol. The summed E-state index contributed by atoms with van der Waals surface area (Å²) < 4.78 is 70.5. The molecule has 0 aliphatic carbocycles. The summed E-state index contributed by atoms with van der Waals surface area (Å²) in [7, 11) is -2.32. The standard InChI is InChI=1S/C18H17F3N2O3S2/c1-26-15-5-7-16(8-6-15)28(24,25)23-10-9-22-17(23)27-12-13-3-2-4-14(11-13)18(19,20)21/h2-8,11H,9-10,12H2,1H3. The van der Waals surface area contributed by atoms with E-state index in [1.807, 2.05) is 0 Å². The lowest BCUT2D eigenvalue weighted by Crippen LogP contribution is -2.32. The number of alkyl halides is 3. The van der Waals surface area contributed by atoms with Crippen LogP contribution in [-0.4, -0.2) is 38.1 Å². The first-order valence-corrected chi connectivity index (χ1v) is 10.6. The third-order valence-corrected chi connectivity index (χ3v) is 7.04. The maximum Gasteiger partial charge on any atom is 0.416 e. The van der Waals surface area contributed by atoms with E-state index in [1.165, 1.54) is 29.6 Å². The van der Waals surface area contributed by atoms with E-state index in [0.717, 1.165) is 23.9 Å². The van der Waals surface area contributed by atoms with Crippen molar-refractivity contribution in [2.24, 2.45) is 4.99 Å². The van der Waals surface area contributed by atoms with E-state index in [1.54, 1.807) is 18.2 Å². The molecule has 10 heteroatoms. The van der Waals surface area contributed by atoms with Gasteiger partial charge >= 0.3 is 6.18 Å². The molecular formula is C18H17F3N2O3S2. The predicted molar refractivity (Wildman–Crippen MR) is 102 cm³/mol. The maximum absolute atomic E-state index is 12.9. The van der Waals surface area contributed by atoms with Crippen LogP contribution in [-0.2, 0) is 22.0 Å². The molecule has 3 rings (SSSR count). The molecule has 28 heavy (non-hydrogen) atoms. The number of hydrogen-bond donors (Lipinski definition) is 0. The van der Waals surface area contributed by atoms with E-state index in [9.17, 15) is 21.6 Å². The van der Waals surface area contributed by atoms with Gasteiger partial charge in [-0.25, -0.2) is 12.7 Å². The predicted octanol–water partition coefficient (Wildman–Crippen LogP) is 4.01. The number of benzene rings is 2. The van der Waals surface area contributed by atoms with Crippen LogP contribution in [0.4, 0.5) is 13.2 Å². The van der Waals surface area contributed by atoms with Crippen LogP contribution >= 0.6 is 11.8 Å².